The van der Waals surface area contributed by atoms with Gasteiger partial charge in [0, 0.05) is 18.6 Å². The molecule has 0 amide bonds. The molecule has 1 saturated heterocycles. The van der Waals surface area contributed by atoms with Crippen LogP contribution >= 0.6 is 0 Å². The van der Waals surface area contributed by atoms with Crippen LogP contribution in [-0.4, -0.2) is 42.8 Å². The second kappa shape index (κ2) is 6.69. The van der Waals surface area contributed by atoms with E-state index in [0.29, 0.717) is 12.6 Å². The van der Waals surface area contributed by atoms with Gasteiger partial charge in [0.1, 0.15) is 0 Å². The van der Waals surface area contributed by atoms with Crippen LogP contribution in [0.25, 0.3) is 0 Å². The summed E-state index contributed by atoms with van der Waals surface area (Å²) in [6.45, 7) is 9.83. The molecule has 0 spiro atoms. The van der Waals surface area contributed by atoms with Gasteiger partial charge in [-0.3, -0.25) is 0 Å². The molecule has 0 bridgehead atoms. The summed E-state index contributed by atoms with van der Waals surface area (Å²) < 4.78 is 11.3. The third kappa shape index (κ3) is 4.92. The minimum Gasteiger partial charge on any atom is -0.396 e. The normalized spacial score (nSPS) is 27.0. The number of hydrogen-bond donors (Lipinski definition) is 2. The Kier molecular flexibility index (Phi) is 5.86. The largest absolute Gasteiger partial charge is 0.396 e. The van der Waals surface area contributed by atoms with E-state index >= 15 is 0 Å². The SMILES string of the molecule is CCC(C)NCCC(CO)C1COC(C)(C)O1. The Morgan fingerprint density at radius 2 is 2.18 bits per heavy atom. The van der Waals surface area contributed by atoms with Crippen molar-refractivity contribution in [3.8, 4) is 0 Å². The van der Waals surface area contributed by atoms with Crippen LogP contribution in [0.15, 0.2) is 0 Å². The molecule has 17 heavy (non-hydrogen) atoms. The predicted molar refractivity (Wildman–Crippen MR) is 67.9 cm³/mol. The monoisotopic (exact) mass is 245 g/mol. The van der Waals surface area contributed by atoms with Gasteiger partial charge in [-0.1, -0.05) is 6.92 Å². The average molecular weight is 245 g/mol. The molecule has 3 unspecified atom stereocenters. The molecule has 0 aromatic heterocycles. The first-order valence-electron chi connectivity index (χ1n) is 6.64. The number of rotatable bonds is 7. The number of aliphatic hydroxyl groups excluding tert-OH is 1. The maximum atomic E-state index is 9.42. The highest BCUT2D eigenvalue weighted by molar-refractivity contribution is 4.78. The Morgan fingerprint density at radius 3 is 2.65 bits per heavy atom. The predicted octanol–water partition coefficient (Wildman–Crippen LogP) is 1.52. The maximum Gasteiger partial charge on any atom is 0.163 e. The van der Waals surface area contributed by atoms with E-state index < -0.39 is 5.79 Å². The lowest BCUT2D eigenvalue weighted by Crippen LogP contribution is -2.33. The van der Waals surface area contributed by atoms with Crippen molar-refractivity contribution in [2.45, 2.75) is 58.5 Å². The van der Waals surface area contributed by atoms with E-state index in [0.717, 1.165) is 19.4 Å². The lowest BCUT2D eigenvalue weighted by Gasteiger charge is -2.23. The minimum absolute atomic E-state index is 0.0220. The molecule has 1 heterocycles. The van der Waals surface area contributed by atoms with Crippen LogP contribution in [0, 0.1) is 5.92 Å². The van der Waals surface area contributed by atoms with Crippen molar-refractivity contribution in [2.75, 3.05) is 19.8 Å². The molecule has 1 fully saturated rings. The molecule has 0 aromatic carbocycles. The van der Waals surface area contributed by atoms with Crippen molar-refractivity contribution in [3.05, 3.63) is 0 Å². The number of aliphatic hydroxyl groups is 1. The van der Waals surface area contributed by atoms with Crippen molar-refractivity contribution in [1.29, 1.82) is 0 Å². The molecule has 2 N–H and O–H groups in total. The molecule has 4 nitrogen and oxygen atoms in total. The van der Waals surface area contributed by atoms with E-state index in [1.807, 2.05) is 13.8 Å². The molecular formula is C13H27NO3. The lowest BCUT2D eigenvalue weighted by molar-refractivity contribution is -0.146. The van der Waals surface area contributed by atoms with E-state index in [2.05, 4.69) is 19.2 Å². The van der Waals surface area contributed by atoms with E-state index in [9.17, 15) is 5.11 Å². The van der Waals surface area contributed by atoms with E-state index in [1.165, 1.54) is 0 Å². The smallest absolute Gasteiger partial charge is 0.163 e. The second-order valence-corrected chi connectivity index (χ2v) is 5.36. The number of hydrogen-bond acceptors (Lipinski definition) is 4. The second-order valence-electron chi connectivity index (χ2n) is 5.36. The van der Waals surface area contributed by atoms with Gasteiger partial charge >= 0.3 is 0 Å². The summed E-state index contributed by atoms with van der Waals surface area (Å²) in [5, 5.41) is 12.8. The van der Waals surface area contributed by atoms with Crippen LogP contribution in [0.3, 0.4) is 0 Å². The van der Waals surface area contributed by atoms with Gasteiger partial charge in [-0.2, -0.15) is 0 Å². The Hall–Kier alpha value is -0.160. The molecule has 3 atom stereocenters. The molecule has 0 radical (unpaired) electrons. The molecule has 1 aliphatic heterocycles. The molecule has 102 valence electrons. The van der Waals surface area contributed by atoms with E-state index in [4.69, 9.17) is 9.47 Å². The third-order valence-corrected chi connectivity index (χ3v) is 3.41. The first-order chi connectivity index (χ1) is 7.98. The van der Waals surface area contributed by atoms with Gasteiger partial charge in [0.2, 0.25) is 0 Å². The molecule has 1 aliphatic rings. The quantitative estimate of drug-likeness (QED) is 0.714. The molecule has 0 saturated carbocycles. The van der Waals surface area contributed by atoms with Gasteiger partial charge in [-0.25, -0.2) is 0 Å². The van der Waals surface area contributed by atoms with Gasteiger partial charge in [0.25, 0.3) is 0 Å². The maximum absolute atomic E-state index is 9.42. The fourth-order valence-corrected chi connectivity index (χ4v) is 2.00. The first-order valence-corrected chi connectivity index (χ1v) is 6.64. The van der Waals surface area contributed by atoms with Crippen LogP contribution in [0.1, 0.15) is 40.5 Å². The van der Waals surface area contributed by atoms with Crippen LogP contribution in [0.2, 0.25) is 0 Å². The van der Waals surface area contributed by atoms with Crippen LogP contribution in [0.4, 0.5) is 0 Å². The highest BCUT2D eigenvalue weighted by Gasteiger charge is 2.36. The first kappa shape index (κ1) is 14.9. The fraction of sp³-hybridized carbons (Fsp3) is 1.00. The zero-order valence-corrected chi connectivity index (χ0v) is 11.5. The van der Waals surface area contributed by atoms with Crippen molar-refractivity contribution in [3.63, 3.8) is 0 Å². The topological polar surface area (TPSA) is 50.7 Å². The third-order valence-electron chi connectivity index (χ3n) is 3.41. The summed E-state index contributed by atoms with van der Waals surface area (Å²) in [5.74, 6) is -0.337. The fourth-order valence-electron chi connectivity index (χ4n) is 2.00. The Labute approximate surface area is 105 Å². The van der Waals surface area contributed by atoms with Crippen LogP contribution in [-0.2, 0) is 9.47 Å². The minimum atomic E-state index is -0.498. The molecule has 1 rings (SSSR count). The Balaban J connectivity index is 2.29. The van der Waals surface area contributed by atoms with E-state index in [-0.39, 0.29) is 18.6 Å². The highest BCUT2D eigenvalue weighted by atomic mass is 16.7. The van der Waals surface area contributed by atoms with Crippen molar-refractivity contribution >= 4 is 0 Å². The average Bonchev–Trinajstić information content (AvgIpc) is 2.64. The van der Waals surface area contributed by atoms with Crippen LogP contribution in [0.5, 0.6) is 0 Å². The van der Waals surface area contributed by atoms with Crippen molar-refractivity contribution in [1.82, 2.24) is 5.32 Å². The summed E-state index contributed by atoms with van der Waals surface area (Å²) in [6.07, 6.45) is 2.07. The van der Waals surface area contributed by atoms with Crippen molar-refractivity contribution in [2.24, 2.45) is 5.92 Å². The summed E-state index contributed by atoms with van der Waals surface area (Å²) in [5.41, 5.74) is 0. The molecule has 4 heteroatoms. The molecule has 0 aliphatic carbocycles. The zero-order valence-electron chi connectivity index (χ0n) is 11.5. The number of ether oxygens (including phenoxy) is 2. The lowest BCUT2D eigenvalue weighted by atomic mass is 10.00. The van der Waals surface area contributed by atoms with Crippen molar-refractivity contribution < 1.29 is 14.6 Å². The Bertz CT molecular complexity index is 221. The van der Waals surface area contributed by atoms with Crippen LogP contribution < -0.4 is 5.32 Å². The molecule has 0 aromatic rings. The zero-order chi connectivity index (χ0) is 12.9. The summed E-state index contributed by atoms with van der Waals surface area (Å²) in [6, 6.07) is 0.534. The Morgan fingerprint density at radius 1 is 1.47 bits per heavy atom. The van der Waals surface area contributed by atoms with Gasteiger partial charge < -0.3 is 19.9 Å². The van der Waals surface area contributed by atoms with E-state index in [1.54, 1.807) is 0 Å². The standard InChI is InChI=1S/C13H27NO3/c1-5-10(2)14-7-6-11(8-15)12-9-16-13(3,4)17-12/h10-12,14-15H,5-9H2,1-4H3. The number of nitrogens with one attached hydrogen (secondary N) is 1. The van der Waals surface area contributed by atoms with Gasteiger partial charge in [-0.05, 0) is 40.2 Å². The highest BCUT2D eigenvalue weighted by Crippen LogP contribution is 2.27. The molecular weight excluding hydrogens is 218 g/mol. The summed E-state index contributed by atoms with van der Waals surface area (Å²) >= 11 is 0. The summed E-state index contributed by atoms with van der Waals surface area (Å²) in [7, 11) is 0. The van der Waals surface area contributed by atoms with Gasteiger partial charge in [0.05, 0.1) is 12.7 Å². The van der Waals surface area contributed by atoms with Gasteiger partial charge in [0.15, 0.2) is 5.79 Å². The van der Waals surface area contributed by atoms with Gasteiger partial charge in [-0.15, -0.1) is 0 Å². The summed E-state index contributed by atoms with van der Waals surface area (Å²) in [4.78, 5) is 0.